The predicted molar refractivity (Wildman–Crippen MR) is 102 cm³/mol. The van der Waals surface area contributed by atoms with Crippen molar-refractivity contribution in [3.63, 3.8) is 0 Å². The number of nitrogens with zero attached hydrogens (tertiary/aromatic N) is 1. The number of halogens is 1. The number of thiazole rings is 1. The Morgan fingerprint density at radius 3 is 2.92 bits per heavy atom. The Morgan fingerprint density at radius 2 is 2.20 bits per heavy atom. The molecule has 2 aromatic rings. The quantitative estimate of drug-likeness (QED) is 0.794. The largest absolute Gasteiger partial charge is 0.479 e. The molecule has 0 saturated carbocycles. The number of ether oxygens (including phenoxy) is 1. The first-order valence-corrected chi connectivity index (χ1v) is 9.75. The van der Waals surface area contributed by atoms with Crippen LogP contribution in [0.5, 0.6) is 5.75 Å². The van der Waals surface area contributed by atoms with Crippen LogP contribution in [0.2, 0.25) is 5.02 Å². The lowest BCUT2D eigenvalue weighted by atomic mass is 9.97. The van der Waals surface area contributed by atoms with Crippen LogP contribution in [-0.2, 0) is 4.79 Å². The van der Waals surface area contributed by atoms with E-state index in [1.807, 2.05) is 25.3 Å². The molecule has 1 atom stereocenters. The summed E-state index contributed by atoms with van der Waals surface area (Å²) in [5.41, 5.74) is 0. The van der Waals surface area contributed by atoms with Crippen LogP contribution in [-0.4, -0.2) is 30.1 Å². The number of anilines is 1. The van der Waals surface area contributed by atoms with E-state index in [1.54, 1.807) is 23.5 Å². The molecule has 0 spiro atoms. The molecule has 0 bridgehead atoms. The minimum atomic E-state index is -0.605. The van der Waals surface area contributed by atoms with Crippen molar-refractivity contribution >= 4 is 34.0 Å². The van der Waals surface area contributed by atoms with Gasteiger partial charge in [-0.3, -0.25) is 10.1 Å². The van der Waals surface area contributed by atoms with Crippen LogP contribution < -0.4 is 15.4 Å². The monoisotopic (exact) mass is 379 g/mol. The Morgan fingerprint density at radius 1 is 1.44 bits per heavy atom. The van der Waals surface area contributed by atoms with Gasteiger partial charge in [0.2, 0.25) is 0 Å². The molecule has 1 aromatic carbocycles. The standard InChI is InChI=1S/C18H22ClN3O2S/c1-2-14(24-15-6-4-3-5-13(15)19)17(23)22-18-21-11-16(25-18)12-7-9-20-10-8-12/h3-6,11-12,14,20H,2,7-10H2,1H3,(H,21,22,23). The maximum Gasteiger partial charge on any atom is 0.267 e. The highest BCUT2D eigenvalue weighted by Gasteiger charge is 2.22. The Kier molecular flexibility index (Phi) is 6.29. The summed E-state index contributed by atoms with van der Waals surface area (Å²) in [6.45, 7) is 3.98. The topological polar surface area (TPSA) is 63.2 Å². The number of carbonyl (C=O) groups is 1. The van der Waals surface area contributed by atoms with Crippen molar-refractivity contribution in [3.8, 4) is 5.75 Å². The van der Waals surface area contributed by atoms with E-state index in [0.717, 1.165) is 25.9 Å². The number of hydrogen-bond donors (Lipinski definition) is 2. The summed E-state index contributed by atoms with van der Waals surface area (Å²) in [4.78, 5) is 18.1. The molecule has 7 heteroatoms. The zero-order valence-corrected chi connectivity index (χ0v) is 15.7. The van der Waals surface area contributed by atoms with E-state index in [1.165, 1.54) is 4.88 Å². The van der Waals surface area contributed by atoms with Crippen molar-refractivity contribution in [2.24, 2.45) is 0 Å². The Hall–Kier alpha value is -1.63. The number of para-hydroxylation sites is 1. The molecule has 1 aliphatic heterocycles. The third kappa shape index (κ3) is 4.71. The maximum atomic E-state index is 12.5. The molecule has 0 radical (unpaired) electrons. The smallest absolute Gasteiger partial charge is 0.267 e. The first kappa shape index (κ1) is 18.2. The number of carbonyl (C=O) groups excluding carboxylic acids is 1. The van der Waals surface area contributed by atoms with Crippen LogP contribution in [0.15, 0.2) is 30.5 Å². The molecular weight excluding hydrogens is 358 g/mol. The number of hydrogen-bond acceptors (Lipinski definition) is 5. The number of piperidine rings is 1. The zero-order chi connectivity index (χ0) is 17.6. The maximum absolute atomic E-state index is 12.5. The molecule has 2 N–H and O–H groups in total. The van der Waals surface area contributed by atoms with Crippen molar-refractivity contribution in [2.45, 2.75) is 38.2 Å². The van der Waals surface area contributed by atoms with Gasteiger partial charge in [-0.15, -0.1) is 11.3 Å². The highest BCUT2D eigenvalue weighted by atomic mass is 35.5. The molecule has 0 aliphatic carbocycles. The predicted octanol–water partition coefficient (Wildman–Crippen LogP) is 4.06. The van der Waals surface area contributed by atoms with Crippen LogP contribution >= 0.6 is 22.9 Å². The van der Waals surface area contributed by atoms with Gasteiger partial charge in [0.1, 0.15) is 5.75 Å². The third-order valence-corrected chi connectivity index (χ3v) is 5.65. The first-order valence-electron chi connectivity index (χ1n) is 8.56. The van der Waals surface area contributed by atoms with E-state index in [9.17, 15) is 4.79 Å². The second-order valence-electron chi connectivity index (χ2n) is 6.03. The van der Waals surface area contributed by atoms with Gasteiger partial charge < -0.3 is 10.1 Å². The van der Waals surface area contributed by atoms with E-state index >= 15 is 0 Å². The number of rotatable bonds is 6. The average molecular weight is 380 g/mol. The second-order valence-corrected chi connectivity index (χ2v) is 7.50. The first-order chi connectivity index (χ1) is 12.2. The molecule has 2 heterocycles. The van der Waals surface area contributed by atoms with Crippen molar-refractivity contribution in [3.05, 3.63) is 40.4 Å². The minimum Gasteiger partial charge on any atom is -0.479 e. The van der Waals surface area contributed by atoms with Gasteiger partial charge in [0.25, 0.3) is 5.91 Å². The average Bonchev–Trinajstić information content (AvgIpc) is 3.10. The normalized spacial score (nSPS) is 16.4. The van der Waals surface area contributed by atoms with Gasteiger partial charge in [-0.05, 0) is 50.4 Å². The van der Waals surface area contributed by atoms with Gasteiger partial charge in [0.05, 0.1) is 5.02 Å². The number of benzene rings is 1. The van der Waals surface area contributed by atoms with E-state index < -0.39 is 6.10 Å². The van der Waals surface area contributed by atoms with Crippen LogP contribution in [0.1, 0.15) is 37.0 Å². The molecule has 1 unspecified atom stereocenters. The van der Waals surface area contributed by atoms with Crippen LogP contribution in [0.3, 0.4) is 0 Å². The van der Waals surface area contributed by atoms with Crippen molar-refractivity contribution in [2.75, 3.05) is 18.4 Å². The highest BCUT2D eigenvalue weighted by Crippen LogP contribution is 2.32. The Balaban J connectivity index is 1.62. The van der Waals surface area contributed by atoms with Gasteiger partial charge in [0, 0.05) is 11.1 Å². The molecule has 25 heavy (non-hydrogen) atoms. The summed E-state index contributed by atoms with van der Waals surface area (Å²) < 4.78 is 5.78. The fourth-order valence-corrected chi connectivity index (χ4v) is 4.01. The zero-order valence-electron chi connectivity index (χ0n) is 14.1. The fourth-order valence-electron chi connectivity index (χ4n) is 2.84. The van der Waals surface area contributed by atoms with Crippen LogP contribution in [0.4, 0.5) is 5.13 Å². The van der Waals surface area contributed by atoms with Crippen LogP contribution in [0, 0.1) is 0 Å². The van der Waals surface area contributed by atoms with Crippen molar-refractivity contribution in [1.82, 2.24) is 10.3 Å². The SMILES string of the molecule is CCC(Oc1ccccc1Cl)C(=O)Nc1ncc(C2CCNCC2)s1. The Bertz CT molecular complexity index is 716. The second kappa shape index (κ2) is 8.65. The molecule has 3 rings (SSSR count). The molecule has 1 amide bonds. The van der Waals surface area contributed by atoms with Crippen molar-refractivity contribution in [1.29, 1.82) is 0 Å². The van der Waals surface area contributed by atoms with Gasteiger partial charge in [-0.2, -0.15) is 0 Å². The molecule has 5 nitrogen and oxygen atoms in total. The molecule has 1 fully saturated rings. The molecular formula is C18H22ClN3O2S. The summed E-state index contributed by atoms with van der Waals surface area (Å²) in [7, 11) is 0. The van der Waals surface area contributed by atoms with Gasteiger partial charge in [0.15, 0.2) is 11.2 Å². The highest BCUT2D eigenvalue weighted by molar-refractivity contribution is 7.15. The number of amides is 1. The summed E-state index contributed by atoms with van der Waals surface area (Å²) in [5.74, 6) is 0.847. The third-order valence-electron chi connectivity index (χ3n) is 4.26. The van der Waals surface area contributed by atoms with Crippen molar-refractivity contribution < 1.29 is 9.53 Å². The summed E-state index contributed by atoms with van der Waals surface area (Å²) in [6, 6.07) is 7.16. The van der Waals surface area contributed by atoms with Gasteiger partial charge in [-0.1, -0.05) is 30.7 Å². The van der Waals surface area contributed by atoms with Gasteiger partial charge >= 0.3 is 0 Å². The van der Waals surface area contributed by atoms with Crippen LogP contribution in [0.25, 0.3) is 0 Å². The van der Waals surface area contributed by atoms with E-state index in [-0.39, 0.29) is 5.91 Å². The fraction of sp³-hybridized carbons (Fsp3) is 0.444. The van der Waals surface area contributed by atoms with E-state index in [4.69, 9.17) is 16.3 Å². The minimum absolute atomic E-state index is 0.200. The lowest BCUT2D eigenvalue weighted by molar-refractivity contribution is -0.122. The summed E-state index contributed by atoms with van der Waals surface area (Å²) in [5, 5.41) is 7.36. The van der Waals surface area contributed by atoms with E-state index in [0.29, 0.717) is 28.2 Å². The Labute approximate surface area is 156 Å². The van der Waals surface area contributed by atoms with E-state index in [2.05, 4.69) is 15.6 Å². The molecule has 134 valence electrons. The number of nitrogens with one attached hydrogen (secondary N) is 2. The summed E-state index contributed by atoms with van der Waals surface area (Å²) >= 11 is 7.66. The molecule has 1 saturated heterocycles. The lowest BCUT2D eigenvalue weighted by Crippen LogP contribution is -2.32. The number of aromatic nitrogens is 1. The molecule has 1 aliphatic rings. The lowest BCUT2D eigenvalue weighted by Gasteiger charge is -2.20. The molecule has 1 aromatic heterocycles. The van der Waals surface area contributed by atoms with Gasteiger partial charge in [-0.25, -0.2) is 4.98 Å². The summed E-state index contributed by atoms with van der Waals surface area (Å²) in [6.07, 6.45) is 4.05.